The molecule has 4 heteroatoms. The number of hydrogen-bond donors (Lipinski definition) is 1. The number of aryl methyl sites for hydroxylation is 2. The number of nitrogens with one attached hydrogen (secondary N) is 1. The lowest BCUT2D eigenvalue weighted by atomic mass is 9.59. The lowest BCUT2D eigenvalue weighted by molar-refractivity contribution is -0.322. The molecule has 0 radical (unpaired) electrons. The molecule has 154 valence electrons. The molecular formula is C25H31N2O2-. The Hall–Kier alpha value is -2.62. The van der Waals surface area contributed by atoms with E-state index in [9.17, 15) is 9.90 Å². The number of aromatic nitrogens is 1. The summed E-state index contributed by atoms with van der Waals surface area (Å²) in [4.78, 5) is 17.4. The van der Waals surface area contributed by atoms with E-state index in [0.29, 0.717) is 12.8 Å². The van der Waals surface area contributed by atoms with Crippen LogP contribution in [0, 0.1) is 18.3 Å². The molecule has 3 atom stereocenters. The molecule has 2 heterocycles. The molecule has 3 rings (SSSR count). The molecule has 0 spiro atoms. The van der Waals surface area contributed by atoms with Crippen LogP contribution in [-0.2, 0) is 11.2 Å². The molecule has 0 saturated heterocycles. The molecule has 29 heavy (non-hydrogen) atoms. The van der Waals surface area contributed by atoms with Crippen molar-refractivity contribution in [1.82, 2.24) is 10.3 Å². The van der Waals surface area contributed by atoms with Crippen LogP contribution in [0.1, 0.15) is 56.9 Å². The molecule has 0 amide bonds. The highest BCUT2D eigenvalue weighted by atomic mass is 16.4. The van der Waals surface area contributed by atoms with Crippen LogP contribution in [-0.4, -0.2) is 17.0 Å². The highest BCUT2D eigenvalue weighted by Gasteiger charge is 2.51. The van der Waals surface area contributed by atoms with Crippen molar-refractivity contribution in [3.8, 4) is 0 Å². The monoisotopic (exact) mass is 391 g/mol. The Kier molecular flexibility index (Phi) is 6.11. The van der Waals surface area contributed by atoms with E-state index in [1.165, 1.54) is 5.56 Å². The Bertz CT molecular complexity index is 887. The zero-order chi connectivity index (χ0) is 21.2. The fourth-order valence-electron chi connectivity index (χ4n) is 4.88. The first-order chi connectivity index (χ1) is 13.8. The minimum absolute atomic E-state index is 0.195. The lowest BCUT2D eigenvalue weighted by Crippen LogP contribution is -2.60. The van der Waals surface area contributed by atoms with Gasteiger partial charge in [0.15, 0.2) is 0 Å². The van der Waals surface area contributed by atoms with E-state index in [2.05, 4.69) is 55.3 Å². The maximum absolute atomic E-state index is 12.8. The summed E-state index contributed by atoms with van der Waals surface area (Å²) in [5.41, 5.74) is 4.21. The molecule has 1 aromatic heterocycles. The molecular weight excluding hydrogens is 360 g/mol. The molecule has 0 fully saturated rings. The lowest BCUT2D eigenvalue weighted by Gasteiger charge is -2.52. The number of allylic oxidation sites excluding steroid dienone is 2. The standard InChI is InChI=1S/C25H32N2O2/c1-16(2)22-18(4)27-19(5)25(24(28)29,23(22)21-8-6-7-15-26-21)14-13-20-11-9-17(3)10-12-20/h6-12,15-16,19,23,27H,13-14H2,1-5H3,(H,28,29)/p-1. The third-order valence-corrected chi connectivity index (χ3v) is 6.40. The van der Waals surface area contributed by atoms with Gasteiger partial charge in [0.1, 0.15) is 0 Å². The van der Waals surface area contributed by atoms with Crippen molar-refractivity contribution < 1.29 is 9.90 Å². The zero-order valence-electron chi connectivity index (χ0n) is 18.0. The predicted molar refractivity (Wildman–Crippen MR) is 114 cm³/mol. The van der Waals surface area contributed by atoms with Crippen LogP contribution in [0.2, 0.25) is 0 Å². The number of carbonyl (C=O) groups excluding carboxylic acids is 1. The van der Waals surface area contributed by atoms with Crippen molar-refractivity contribution in [3.05, 3.63) is 76.8 Å². The van der Waals surface area contributed by atoms with Crippen LogP contribution in [0.4, 0.5) is 0 Å². The molecule has 2 aromatic rings. The van der Waals surface area contributed by atoms with Gasteiger partial charge in [-0.3, -0.25) is 4.98 Å². The summed E-state index contributed by atoms with van der Waals surface area (Å²) in [5, 5.41) is 16.3. The number of benzene rings is 1. The molecule has 1 aliphatic rings. The van der Waals surface area contributed by atoms with Crippen LogP contribution in [0.15, 0.2) is 59.9 Å². The number of rotatable bonds is 6. The van der Waals surface area contributed by atoms with Gasteiger partial charge in [0.25, 0.3) is 0 Å². The van der Waals surface area contributed by atoms with Crippen molar-refractivity contribution in [1.29, 1.82) is 0 Å². The van der Waals surface area contributed by atoms with Gasteiger partial charge >= 0.3 is 0 Å². The number of hydrogen-bond acceptors (Lipinski definition) is 4. The van der Waals surface area contributed by atoms with Gasteiger partial charge in [0.2, 0.25) is 0 Å². The quantitative estimate of drug-likeness (QED) is 0.814. The number of carbonyl (C=O) groups is 1. The SMILES string of the molecule is CC1=C(C(C)C)C(c2ccccn2)C(CCc2ccc(C)cc2)(C(=O)[O-])C(C)N1. The van der Waals surface area contributed by atoms with Gasteiger partial charge < -0.3 is 15.2 Å². The van der Waals surface area contributed by atoms with Gasteiger partial charge in [-0.25, -0.2) is 0 Å². The Morgan fingerprint density at radius 2 is 1.86 bits per heavy atom. The molecule has 0 aliphatic carbocycles. The number of nitrogens with zero attached hydrogens (tertiary/aromatic N) is 1. The third kappa shape index (κ3) is 3.93. The summed E-state index contributed by atoms with van der Waals surface area (Å²) in [6.45, 7) is 10.3. The van der Waals surface area contributed by atoms with E-state index in [0.717, 1.165) is 22.5 Å². The predicted octanol–water partition coefficient (Wildman–Crippen LogP) is 3.76. The van der Waals surface area contributed by atoms with Gasteiger partial charge in [0, 0.05) is 35.0 Å². The third-order valence-electron chi connectivity index (χ3n) is 6.40. The second-order valence-electron chi connectivity index (χ2n) is 8.60. The summed E-state index contributed by atoms with van der Waals surface area (Å²) in [5.74, 6) is -1.14. The summed E-state index contributed by atoms with van der Waals surface area (Å²) in [6, 6.07) is 13.8. The van der Waals surface area contributed by atoms with E-state index in [1.54, 1.807) is 6.20 Å². The number of carboxylic acid groups (broad SMARTS) is 1. The summed E-state index contributed by atoms with van der Waals surface area (Å²) >= 11 is 0. The van der Waals surface area contributed by atoms with Crippen LogP contribution >= 0.6 is 0 Å². The summed E-state index contributed by atoms with van der Waals surface area (Å²) in [7, 11) is 0. The topological polar surface area (TPSA) is 65.0 Å². The molecule has 1 aliphatic heterocycles. The first-order valence-corrected chi connectivity index (χ1v) is 10.4. The van der Waals surface area contributed by atoms with Crippen LogP contribution in [0.3, 0.4) is 0 Å². The van der Waals surface area contributed by atoms with Crippen molar-refractivity contribution >= 4 is 5.97 Å². The van der Waals surface area contributed by atoms with Crippen LogP contribution < -0.4 is 10.4 Å². The fraction of sp³-hybridized carbons (Fsp3) is 0.440. The van der Waals surface area contributed by atoms with E-state index in [-0.39, 0.29) is 17.9 Å². The molecule has 1 aromatic carbocycles. The van der Waals surface area contributed by atoms with E-state index >= 15 is 0 Å². The van der Waals surface area contributed by atoms with E-state index in [1.807, 2.05) is 32.0 Å². The Morgan fingerprint density at radius 3 is 2.41 bits per heavy atom. The summed E-state index contributed by atoms with van der Waals surface area (Å²) < 4.78 is 0. The number of pyridine rings is 1. The van der Waals surface area contributed by atoms with E-state index < -0.39 is 11.4 Å². The maximum atomic E-state index is 12.8. The van der Waals surface area contributed by atoms with Gasteiger partial charge in [-0.05, 0) is 62.8 Å². The average Bonchev–Trinajstić information content (AvgIpc) is 2.68. The highest BCUT2D eigenvalue weighted by Crippen LogP contribution is 2.51. The molecule has 0 saturated carbocycles. The summed E-state index contributed by atoms with van der Waals surface area (Å²) in [6.07, 6.45) is 2.90. The minimum Gasteiger partial charge on any atom is -0.549 e. The number of aliphatic carboxylic acids is 1. The van der Waals surface area contributed by atoms with Gasteiger partial charge in [0.05, 0.1) is 5.97 Å². The zero-order valence-corrected chi connectivity index (χ0v) is 18.0. The van der Waals surface area contributed by atoms with E-state index in [4.69, 9.17) is 0 Å². The van der Waals surface area contributed by atoms with Crippen LogP contribution in [0.5, 0.6) is 0 Å². The average molecular weight is 392 g/mol. The van der Waals surface area contributed by atoms with Crippen LogP contribution in [0.25, 0.3) is 0 Å². The first kappa shape index (κ1) is 21.1. The second kappa shape index (κ2) is 8.40. The smallest absolute Gasteiger partial charge is 0.0506 e. The largest absolute Gasteiger partial charge is 0.549 e. The van der Waals surface area contributed by atoms with Gasteiger partial charge in [-0.1, -0.05) is 49.7 Å². The maximum Gasteiger partial charge on any atom is 0.0506 e. The molecule has 1 N–H and O–H groups in total. The normalized spacial score (nSPS) is 24.5. The van der Waals surface area contributed by atoms with Crippen molar-refractivity contribution in [2.45, 2.75) is 59.4 Å². The molecule has 3 unspecified atom stereocenters. The minimum atomic E-state index is -1.08. The first-order valence-electron chi connectivity index (χ1n) is 10.4. The second-order valence-corrected chi connectivity index (χ2v) is 8.60. The Balaban J connectivity index is 2.12. The number of carboxylic acids is 1. The van der Waals surface area contributed by atoms with Crippen molar-refractivity contribution in [3.63, 3.8) is 0 Å². The van der Waals surface area contributed by atoms with Crippen molar-refractivity contribution in [2.75, 3.05) is 0 Å². The fourth-order valence-corrected chi connectivity index (χ4v) is 4.88. The molecule has 4 nitrogen and oxygen atoms in total. The van der Waals surface area contributed by atoms with Gasteiger partial charge in [-0.2, -0.15) is 0 Å². The van der Waals surface area contributed by atoms with Gasteiger partial charge in [-0.15, -0.1) is 0 Å². The molecule has 0 bridgehead atoms. The van der Waals surface area contributed by atoms with Crippen molar-refractivity contribution in [2.24, 2.45) is 11.3 Å². The highest BCUT2D eigenvalue weighted by molar-refractivity contribution is 5.77. The Morgan fingerprint density at radius 1 is 1.17 bits per heavy atom. The Labute approximate surface area is 174 Å².